The predicted octanol–water partition coefficient (Wildman–Crippen LogP) is 2.10. The summed E-state index contributed by atoms with van der Waals surface area (Å²) < 4.78 is 12.3. The zero-order valence-corrected chi connectivity index (χ0v) is 14.7. The lowest BCUT2D eigenvalue weighted by molar-refractivity contribution is -0.139. The number of carbonyl (C=O) groups excluding carboxylic acids is 1. The lowest BCUT2D eigenvalue weighted by Crippen LogP contribution is -2.44. The molecular weight excluding hydrogens is 346 g/mol. The molecule has 3 aromatic rings. The molecular formula is C20H19N3O4. The third-order valence-corrected chi connectivity index (χ3v) is 4.52. The van der Waals surface area contributed by atoms with Crippen LogP contribution >= 0.6 is 0 Å². The Bertz CT molecular complexity index is 966. The molecule has 1 fully saturated rings. The van der Waals surface area contributed by atoms with Crippen LogP contribution in [0.5, 0.6) is 0 Å². The van der Waals surface area contributed by atoms with Crippen molar-refractivity contribution in [2.75, 3.05) is 19.7 Å². The molecule has 0 spiro atoms. The van der Waals surface area contributed by atoms with E-state index in [1.165, 1.54) is 17.0 Å². The predicted molar refractivity (Wildman–Crippen MR) is 97.9 cm³/mol. The van der Waals surface area contributed by atoms with Crippen LogP contribution in [-0.4, -0.2) is 40.3 Å². The number of aromatic nitrogens is 2. The molecule has 2 aromatic heterocycles. The molecule has 3 heterocycles. The van der Waals surface area contributed by atoms with Crippen molar-refractivity contribution in [3.05, 3.63) is 76.8 Å². The van der Waals surface area contributed by atoms with E-state index in [9.17, 15) is 9.59 Å². The number of benzene rings is 1. The van der Waals surface area contributed by atoms with Gasteiger partial charge in [-0.05, 0) is 23.8 Å². The van der Waals surface area contributed by atoms with Crippen LogP contribution in [0.4, 0.5) is 0 Å². The molecule has 0 aliphatic carbocycles. The monoisotopic (exact) mass is 365 g/mol. The maximum atomic E-state index is 12.7. The first-order valence-electron chi connectivity index (χ1n) is 8.77. The minimum absolute atomic E-state index is 0.116. The van der Waals surface area contributed by atoms with Gasteiger partial charge in [-0.3, -0.25) is 9.59 Å². The fourth-order valence-corrected chi connectivity index (χ4v) is 3.09. The smallest absolute Gasteiger partial charge is 0.267 e. The van der Waals surface area contributed by atoms with Crippen molar-refractivity contribution in [2.45, 2.75) is 12.6 Å². The molecule has 0 saturated carbocycles. The molecule has 4 rings (SSSR count). The lowest BCUT2D eigenvalue weighted by atomic mass is 10.1. The van der Waals surface area contributed by atoms with Crippen molar-refractivity contribution >= 4 is 5.91 Å². The van der Waals surface area contributed by atoms with Crippen molar-refractivity contribution in [3.8, 4) is 11.5 Å². The Morgan fingerprint density at radius 2 is 1.96 bits per heavy atom. The first-order chi connectivity index (χ1) is 13.2. The molecule has 1 aliphatic heterocycles. The van der Waals surface area contributed by atoms with Crippen LogP contribution < -0.4 is 5.56 Å². The summed E-state index contributed by atoms with van der Waals surface area (Å²) in [5, 5.41) is 4.26. The highest BCUT2D eigenvalue weighted by atomic mass is 16.5. The third kappa shape index (κ3) is 3.83. The summed E-state index contributed by atoms with van der Waals surface area (Å²) in [4.78, 5) is 26.6. The Labute approximate surface area is 155 Å². The number of nitrogens with zero attached hydrogens (tertiary/aromatic N) is 3. The van der Waals surface area contributed by atoms with Gasteiger partial charge in [-0.1, -0.05) is 30.3 Å². The Balaban J connectivity index is 1.49. The van der Waals surface area contributed by atoms with Crippen LogP contribution in [0.1, 0.15) is 11.7 Å². The minimum atomic E-state index is -0.327. The summed E-state index contributed by atoms with van der Waals surface area (Å²) in [6.45, 7) is 1.29. The Hall–Kier alpha value is -3.19. The maximum absolute atomic E-state index is 12.7. The highest BCUT2D eigenvalue weighted by Gasteiger charge is 2.25. The van der Waals surface area contributed by atoms with Crippen LogP contribution in [0.15, 0.2) is 70.1 Å². The standard InChI is InChI=1S/C20H19N3O4/c24-19-9-8-16(17-7-4-11-26-17)21-23(19)14-20(25)22-10-12-27-18(13-22)15-5-2-1-3-6-15/h1-9,11,18H,10,12-14H2/t18-/m0/s1. The largest absolute Gasteiger partial charge is 0.463 e. The highest BCUT2D eigenvalue weighted by molar-refractivity contribution is 5.76. The van der Waals surface area contributed by atoms with Gasteiger partial charge in [0.25, 0.3) is 5.56 Å². The summed E-state index contributed by atoms with van der Waals surface area (Å²) in [5.74, 6) is 0.386. The van der Waals surface area contributed by atoms with Crippen LogP contribution in [0.3, 0.4) is 0 Å². The second kappa shape index (κ2) is 7.59. The molecule has 7 nitrogen and oxygen atoms in total. The van der Waals surface area contributed by atoms with E-state index in [0.717, 1.165) is 5.56 Å². The lowest BCUT2D eigenvalue weighted by Gasteiger charge is -2.33. The van der Waals surface area contributed by atoms with Crippen molar-refractivity contribution in [1.82, 2.24) is 14.7 Å². The average molecular weight is 365 g/mol. The zero-order chi connectivity index (χ0) is 18.6. The first kappa shape index (κ1) is 17.2. The molecule has 1 aliphatic rings. The van der Waals surface area contributed by atoms with E-state index in [4.69, 9.17) is 9.15 Å². The summed E-state index contributed by atoms with van der Waals surface area (Å²) in [6, 6.07) is 16.3. The number of hydrogen-bond acceptors (Lipinski definition) is 5. The van der Waals surface area contributed by atoms with Crippen LogP contribution in [0.2, 0.25) is 0 Å². The molecule has 1 amide bonds. The van der Waals surface area contributed by atoms with Gasteiger partial charge in [0, 0.05) is 12.6 Å². The van der Waals surface area contributed by atoms with Gasteiger partial charge in [0.1, 0.15) is 18.3 Å². The van der Waals surface area contributed by atoms with Gasteiger partial charge in [-0.2, -0.15) is 5.10 Å². The number of amides is 1. The van der Waals surface area contributed by atoms with Crippen LogP contribution in [0, 0.1) is 0 Å². The van der Waals surface area contributed by atoms with Gasteiger partial charge in [-0.25, -0.2) is 4.68 Å². The number of rotatable bonds is 4. The Morgan fingerprint density at radius 1 is 1.11 bits per heavy atom. The van der Waals surface area contributed by atoms with Crippen molar-refractivity contribution in [2.24, 2.45) is 0 Å². The minimum Gasteiger partial charge on any atom is -0.463 e. The first-order valence-corrected chi connectivity index (χ1v) is 8.77. The van der Waals surface area contributed by atoms with Crippen LogP contribution in [-0.2, 0) is 16.1 Å². The molecule has 0 unspecified atom stereocenters. The number of furan rings is 1. The summed E-state index contributed by atoms with van der Waals surface area (Å²) in [5.41, 5.74) is 1.22. The third-order valence-electron chi connectivity index (χ3n) is 4.52. The van der Waals surface area contributed by atoms with Gasteiger partial charge in [0.05, 0.1) is 19.4 Å². The molecule has 0 radical (unpaired) electrons. The molecule has 7 heteroatoms. The van der Waals surface area contributed by atoms with Gasteiger partial charge in [0.15, 0.2) is 5.76 Å². The van der Waals surface area contributed by atoms with E-state index in [1.54, 1.807) is 23.1 Å². The summed E-state index contributed by atoms with van der Waals surface area (Å²) in [7, 11) is 0. The van der Waals surface area contributed by atoms with E-state index in [2.05, 4.69) is 5.10 Å². The average Bonchev–Trinajstić information content (AvgIpc) is 3.25. The van der Waals surface area contributed by atoms with Gasteiger partial charge in [-0.15, -0.1) is 0 Å². The normalized spacial score (nSPS) is 17.0. The topological polar surface area (TPSA) is 77.6 Å². The van der Waals surface area contributed by atoms with E-state index < -0.39 is 0 Å². The number of hydrogen-bond donors (Lipinski definition) is 0. The summed E-state index contributed by atoms with van der Waals surface area (Å²) in [6.07, 6.45) is 1.37. The quantitative estimate of drug-likeness (QED) is 0.708. The second-order valence-corrected chi connectivity index (χ2v) is 6.30. The van der Waals surface area contributed by atoms with Gasteiger partial charge >= 0.3 is 0 Å². The molecule has 0 bridgehead atoms. The van der Waals surface area contributed by atoms with Crippen molar-refractivity contribution in [3.63, 3.8) is 0 Å². The van der Waals surface area contributed by atoms with Crippen molar-refractivity contribution < 1.29 is 13.9 Å². The second-order valence-electron chi connectivity index (χ2n) is 6.30. The molecule has 1 aromatic carbocycles. The Morgan fingerprint density at radius 3 is 2.74 bits per heavy atom. The van der Waals surface area contributed by atoms with Gasteiger partial charge in [0.2, 0.25) is 5.91 Å². The molecule has 1 atom stereocenters. The van der Waals surface area contributed by atoms with E-state index in [0.29, 0.717) is 31.2 Å². The van der Waals surface area contributed by atoms with E-state index in [1.807, 2.05) is 30.3 Å². The molecule has 1 saturated heterocycles. The maximum Gasteiger partial charge on any atom is 0.267 e. The fourth-order valence-electron chi connectivity index (χ4n) is 3.09. The van der Waals surface area contributed by atoms with E-state index in [-0.39, 0.29) is 24.1 Å². The fraction of sp³-hybridized carbons (Fsp3) is 0.250. The number of carbonyl (C=O) groups is 1. The molecule has 138 valence electrons. The van der Waals surface area contributed by atoms with Crippen LogP contribution in [0.25, 0.3) is 11.5 Å². The molecule has 0 N–H and O–H groups in total. The van der Waals surface area contributed by atoms with Crippen molar-refractivity contribution in [1.29, 1.82) is 0 Å². The zero-order valence-electron chi connectivity index (χ0n) is 14.7. The SMILES string of the molecule is O=C(Cn1nc(-c2ccco2)ccc1=O)N1CCO[C@H](c2ccccc2)C1. The van der Waals surface area contributed by atoms with E-state index >= 15 is 0 Å². The highest BCUT2D eigenvalue weighted by Crippen LogP contribution is 2.22. The summed E-state index contributed by atoms with van der Waals surface area (Å²) >= 11 is 0. The van der Waals surface area contributed by atoms with Gasteiger partial charge < -0.3 is 14.1 Å². The number of morpholine rings is 1. The Kier molecular flexibility index (Phi) is 4.84. The number of ether oxygens (including phenoxy) is 1. The molecule has 27 heavy (non-hydrogen) atoms.